The molecule has 200 valence electrons. The number of amides is 1. The summed E-state index contributed by atoms with van der Waals surface area (Å²) in [7, 11) is 1.53. The predicted octanol–water partition coefficient (Wildman–Crippen LogP) is 6.23. The monoisotopic (exact) mass is 533 g/mol. The molecular weight excluding hydrogens is 506 g/mol. The number of nitrogens with one attached hydrogen (secondary N) is 2. The van der Waals surface area contributed by atoms with E-state index in [1.54, 1.807) is 42.5 Å². The molecule has 0 spiro atoms. The van der Waals surface area contributed by atoms with Crippen molar-refractivity contribution in [3.63, 3.8) is 0 Å². The smallest absolute Gasteiger partial charge is 0.343 e. The van der Waals surface area contributed by atoms with Crippen molar-refractivity contribution in [2.45, 2.75) is 6.92 Å². The van der Waals surface area contributed by atoms with Crippen LogP contribution in [0.5, 0.6) is 17.2 Å². The summed E-state index contributed by atoms with van der Waals surface area (Å²) in [5, 5.41) is 5.11. The molecule has 0 aliphatic heterocycles. The van der Waals surface area contributed by atoms with Gasteiger partial charge in [0, 0.05) is 16.5 Å². The number of carbonyl (C=O) groups is 2. The minimum absolute atomic E-state index is 0.265. The molecule has 40 heavy (non-hydrogen) atoms. The van der Waals surface area contributed by atoms with E-state index >= 15 is 0 Å². The van der Waals surface area contributed by atoms with Crippen molar-refractivity contribution in [1.29, 1.82) is 0 Å². The standard InChI is InChI=1S/C32H27N3O5/c1-3-39-28-18-21(16-17-27(28)40-32(37)23-12-9-13-24(19-23)38-2)20-33-35-31(36)30-29(22-10-5-4-6-11-22)25-14-7-8-15-26(25)34-30/h4-20,34H,3H2,1-2H3,(H,35,36). The number of hydrogen-bond acceptors (Lipinski definition) is 6. The van der Waals surface area contributed by atoms with Crippen LogP contribution in [0.1, 0.15) is 33.3 Å². The first-order chi connectivity index (χ1) is 19.6. The van der Waals surface area contributed by atoms with E-state index in [4.69, 9.17) is 14.2 Å². The summed E-state index contributed by atoms with van der Waals surface area (Å²) < 4.78 is 16.5. The van der Waals surface area contributed by atoms with Gasteiger partial charge in [-0.05, 0) is 60.5 Å². The molecule has 0 aliphatic rings. The molecule has 0 fully saturated rings. The van der Waals surface area contributed by atoms with E-state index in [2.05, 4.69) is 15.5 Å². The molecule has 2 N–H and O–H groups in total. The van der Waals surface area contributed by atoms with E-state index < -0.39 is 5.97 Å². The summed E-state index contributed by atoms with van der Waals surface area (Å²) in [6, 6.07) is 29.2. The van der Waals surface area contributed by atoms with Crippen molar-refractivity contribution in [2.75, 3.05) is 13.7 Å². The molecule has 8 nitrogen and oxygen atoms in total. The number of benzene rings is 4. The SMILES string of the molecule is CCOc1cc(C=NNC(=O)c2[nH]c3ccccc3c2-c2ccccc2)ccc1OC(=O)c1cccc(OC)c1. The van der Waals surface area contributed by atoms with Crippen LogP contribution in [-0.4, -0.2) is 36.8 Å². The molecule has 1 heterocycles. The molecule has 1 amide bonds. The quantitative estimate of drug-likeness (QED) is 0.101. The van der Waals surface area contributed by atoms with Crippen LogP contribution < -0.4 is 19.6 Å². The minimum Gasteiger partial charge on any atom is -0.497 e. The fourth-order valence-corrected chi connectivity index (χ4v) is 4.30. The van der Waals surface area contributed by atoms with Gasteiger partial charge in [-0.25, -0.2) is 10.2 Å². The van der Waals surface area contributed by atoms with Crippen LogP contribution in [0.25, 0.3) is 22.0 Å². The van der Waals surface area contributed by atoms with E-state index in [0.717, 1.165) is 22.0 Å². The van der Waals surface area contributed by atoms with Gasteiger partial charge in [-0.2, -0.15) is 5.10 Å². The number of hydrazone groups is 1. The van der Waals surface area contributed by atoms with Crippen molar-refractivity contribution in [3.05, 3.63) is 114 Å². The Bertz CT molecular complexity index is 1690. The van der Waals surface area contributed by atoms with Crippen molar-refractivity contribution in [3.8, 4) is 28.4 Å². The number of carbonyl (C=O) groups excluding carboxylic acids is 2. The Balaban J connectivity index is 1.34. The second-order valence-electron chi connectivity index (χ2n) is 8.75. The number of esters is 1. The lowest BCUT2D eigenvalue weighted by Crippen LogP contribution is -2.18. The van der Waals surface area contributed by atoms with Gasteiger partial charge in [0.05, 0.1) is 25.5 Å². The number of fused-ring (bicyclic) bond motifs is 1. The van der Waals surface area contributed by atoms with Crippen LogP contribution in [0.2, 0.25) is 0 Å². The molecule has 0 radical (unpaired) electrons. The molecule has 0 aliphatic carbocycles. The van der Waals surface area contributed by atoms with Gasteiger partial charge in [0.15, 0.2) is 11.5 Å². The molecule has 8 heteroatoms. The molecule has 0 saturated carbocycles. The molecule has 0 unspecified atom stereocenters. The summed E-state index contributed by atoms with van der Waals surface area (Å²) in [5.41, 5.74) is 6.61. The van der Waals surface area contributed by atoms with Crippen molar-refractivity contribution < 1.29 is 23.8 Å². The fourth-order valence-electron chi connectivity index (χ4n) is 4.30. The summed E-state index contributed by atoms with van der Waals surface area (Å²) in [6.45, 7) is 2.20. The Morgan fingerprint density at radius 2 is 1.70 bits per heavy atom. The highest BCUT2D eigenvalue weighted by Crippen LogP contribution is 2.32. The van der Waals surface area contributed by atoms with Gasteiger partial charge in [0.25, 0.3) is 5.91 Å². The minimum atomic E-state index is -0.541. The first-order valence-electron chi connectivity index (χ1n) is 12.7. The van der Waals surface area contributed by atoms with Gasteiger partial charge < -0.3 is 19.2 Å². The maximum Gasteiger partial charge on any atom is 0.343 e. The van der Waals surface area contributed by atoms with Gasteiger partial charge >= 0.3 is 5.97 Å². The van der Waals surface area contributed by atoms with Crippen LogP contribution >= 0.6 is 0 Å². The molecule has 0 saturated heterocycles. The molecule has 4 aromatic carbocycles. The number of methoxy groups -OCH3 is 1. The summed E-state index contributed by atoms with van der Waals surface area (Å²) in [4.78, 5) is 29.1. The average Bonchev–Trinajstić information content (AvgIpc) is 3.39. The first-order valence-corrected chi connectivity index (χ1v) is 12.7. The normalized spacial score (nSPS) is 10.9. The molecule has 1 aromatic heterocycles. The third-order valence-corrected chi connectivity index (χ3v) is 6.15. The first kappa shape index (κ1) is 26.2. The molecule has 5 aromatic rings. The number of nitrogens with zero attached hydrogens (tertiary/aromatic N) is 1. The zero-order valence-corrected chi connectivity index (χ0v) is 22.0. The second-order valence-corrected chi connectivity index (χ2v) is 8.75. The zero-order chi connectivity index (χ0) is 27.9. The van der Waals surface area contributed by atoms with Crippen LogP contribution in [0.4, 0.5) is 0 Å². The van der Waals surface area contributed by atoms with Gasteiger partial charge in [0.2, 0.25) is 0 Å². The van der Waals surface area contributed by atoms with E-state index in [1.807, 2.05) is 61.5 Å². The summed E-state index contributed by atoms with van der Waals surface area (Å²) in [6.07, 6.45) is 1.50. The van der Waals surface area contributed by atoms with Crippen LogP contribution in [0.15, 0.2) is 102 Å². The van der Waals surface area contributed by atoms with E-state index in [0.29, 0.717) is 34.9 Å². The Morgan fingerprint density at radius 1 is 0.900 bits per heavy atom. The highest BCUT2D eigenvalue weighted by molar-refractivity contribution is 6.09. The lowest BCUT2D eigenvalue weighted by Gasteiger charge is -2.11. The fraction of sp³-hybridized carbons (Fsp3) is 0.0938. The molecular formula is C32H27N3O5. The topological polar surface area (TPSA) is 102 Å². The van der Waals surface area contributed by atoms with Crippen LogP contribution in [0.3, 0.4) is 0 Å². The van der Waals surface area contributed by atoms with E-state index in [9.17, 15) is 9.59 Å². The Labute approximate surface area is 231 Å². The zero-order valence-electron chi connectivity index (χ0n) is 22.0. The number of hydrogen-bond donors (Lipinski definition) is 2. The van der Waals surface area contributed by atoms with Crippen molar-refractivity contribution in [1.82, 2.24) is 10.4 Å². The molecule has 5 rings (SSSR count). The summed E-state index contributed by atoms with van der Waals surface area (Å²) in [5.74, 6) is 0.273. The molecule has 0 bridgehead atoms. The third-order valence-electron chi connectivity index (χ3n) is 6.15. The largest absolute Gasteiger partial charge is 0.497 e. The van der Waals surface area contributed by atoms with Gasteiger partial charge in [0.1, 0.15) is 11.4 Å². The maximum atomic E-state index is 13.2. The van der Waals surface area contributed by atoms with Crippen molar-refractivity contribution in [2.24, 2.45) is 5.10 Å². The van der Waals surface area contributed by atoms with Gasteiger partial charge in [-0.1, -0.05) is 54.6 Å². The second kappa shape index (κ2) is 12.0. The lowest BCUT2D eigenvalue weighted by molar-refractivity contribution is 0.0727. The third kappa shape index (κ3) is 5.71. The van der Waals surface area contributed by atoms with Gasteiger partial charge in [-0.15, -0.1) is 0 Å². The number of para-hydroxylation sites is 1. The van der Waals surface area contributed by atoms with Crippen LogP contribution in [0, 0.1) is 0 Å². The van der Waals surface area contributed by atoms with Crippen LogP contribution in [-0.2, 0) is 0 Å². The number of aromatic amines is 1. The number of aromatic nitrogens is 1. The number of H-pyrrole nitrogens is 1. The van der Waals surface area contributed by atoms with Gasteiger partial charge in [-0.3, -0.25) is 4.79 Å². The average molecular weight is 534 g/mol. The number of rotatable bonds is 9. The Hall–Kier alpha value is -5.37. The van der Waals surface area contributed by atoms with Crippen molar-refractivity contribution >= 4 is 29.0 Å². The highest BCUT2D eigenvalue weighted by Gasteiger charge is 2.19. The summed E-state index contributed by atoms with van der Waals surface area (Å²) >= 11 is 0. The Morgan fingerprint density at radius 3 is 2.50 bits per heavy atom. The lowest BCUT2D eigenvalue weighted by atomic mass is 10.0. The van der Waals surface area contributed by atoms with E-state index in [-0.39, 0.29) is 11.7 Å². The predicted molar refractivity (Wildman–Crippen MR) is 154 cm³/mol. The Kier molecular flexibility index (Phi) is 7.87. The molecule has 0 atom stereocenters. The number of ether oxygens (including phenoxy) is 3. The maximum absolute atomic E-state index is 13.2. The highest BCUT2D eigenvalue weighted by atomic mass is 16.6. The van der Waals surface area contributed by atoms with E-state index in [1.165, 1.54) is 13.3 Å².